The van der Waals surface area contributed by atoms with Gasteiger partial charge >= 0.3 is 0 Å². The number of aryl methyl sites for hydroxylation is 1. The van der Waals surface area contributed by atoms with Gasteiger partial charge in [-0.2, -0.15) is 0 Å². The summed E-state index contributed by atoms with van der Waals surface area (Å²) in [7, 11) is -3.57. The van der Waals surface area contributed by atoms with Crippen LogP contribution >= 0.6 is 0 Å². The molecule has 0 aliphatic rings. The van der Waals surface area contributed by atoms with E-state index in [4.69, 9.17) is 5.11 Å². The lowest BCUT2D eigenvalue weighted by Crippen LogP contribution is -2.32. The quantitative estimate of drug-likeness (QED) is 0.814. The maximum absolute atomic E-state index is 12.3. The van der Waals surface area contributed by atoms with Crippen LogP contribution in [0.5, 0.6) is 0 Å². The van der Waals surface area contributed by atoms with Crippen LogP contribution in [-0.2, 0) is 10.0 Å². The molecule has 2 N–H and O–H groups in total. The first-order chi connectivity index (χ1) is 9.40. The number of rotatable bonds is 5. The van der Waals surface area contributed by atoms with E-state index in [1.165, 1.54) is 0 Å². The van der Waals surface area contributed by atoms with Gasteiger partial charge in [-0.05, 0) is 38.0 Å². The number of benzene rings is 1. The van der Waals surface area contributed by atoms with Crippen LogP contribution in [0, 0.1) is 18.8 Å². The van der Waals surface area contributed by atoms with E-state index in [2.05, 4.69) is 16.6 Å². The summed E-state index contributed by atoms with van der Waals surface area (Å²) < 4.78 is 27.3. The second-order valence-electron chi connectivity index (χ2n) is 4.71. The molecule has 0 bridgehead atoms. The number of hydrogen-bond acceptors (Lipinski definition) is 3. The van der Waals surface area contributed by atoms with Crippen molar-refractivity contribution in [2.45, 2.75) is 44.6 Å². The monoisotopic (exact) mass is 295 g/mol. The zero-order valence-electron chi connectivity index (χ0n) is 12.1. The number of aliphatic hydroxyl groups is 1. The van der Waals surface area contributed by atoms with Crippen LogP contribution in [0.4, 0.5) is 0 Å². The average molecular weight is 295 g/mol. The van der Waals surface area contributed by atoms with Crippen molar-refractivity contribution in [1.29, 1.82) is 0 Å². The lowest BCUT2D eigenvalue weighted by molar-refractivity contribution is 0.305. The normalized spacial score (nSPS) is 12.6. The van der Waals surface area contributed by atoms with Gasteiger partial charge in [-0.1, -0.05) is 24.8 Å². The Bertz CT molecular complexity index is 612. The molecule has 0 saturated heterocycles. The molecule has 1 rings (SSSR count). The molecule has 1 unspecified atom stereocenters. The molecule has 0 radical (unpaired) electrons. The highest BCUT2D eigenvalue weighted by Crippen LogP contribution is 2.17. The Hall–Kier alpha value is -1.35. The second kappa shape index (κ2) is 7.44. The summed E-state index contributed by atoms with van der Waals surface area (Å²) in [5.41, 5.74) is 1.41. The maximum atomic E-state index is 12.3. The lowest BCUT2D eigenvalue weighted by Gasteiger charge is -2.13. The second-order valence-corrected chi connectivity index (χ2v) is 6.39. The highest BCUT2D eigenvalue weighted by atomic mass is 32.2. The predicted octanol–water partition coefficient (Wildman–Crippen LogP) is 1.81. The Labute approximate surface area is 121 Å². The highest BCUT2D eigenvalue weighted by molar-refractivity contribution is 7.89. The Morgan fingerprint density at radius 2 is 2.10 bits per heavy atom. The van der Waals surface area contributed by atoms with Gasteiger partial charge in [-0.25, -0.2) is 13.1 Å². The molecule has 20 heavy (non-hydrogen) atoms. The Balaban J connectivity index is 3.21. The third kappa shape index (κ3) is 4.64. The van der Waals surface area contributed by atoms with Gasteiger partial charge in [0.2, 0.25) is 10.0 Å². The molecule has 0 saturated carbocycles. The molecular weight excluding hydrogens is 274 g/mol. The Morgan fingerprint density at radius 3 is 2.70 bits per heavy atom. The molecule has 0 heterocycles. The summed E-state index contributed by atoms with van der Waals surface area (Å²) in [6, 6.07) is 4.94. The molecule has 4 nitrogen and oxygen atoms in total. The summed E-state index contributed by atoms with van der Waals surface area (Å²) in [4.78, 5) is 0.189. The van der Waals surface area contributed by atoms with Gasteiger partial charge in [0, 0.05) is 18.0 Å². The zero-order valence-corrected chi connectivity index (χ0v) is 12.9. The van der Waals surface area contributed by atoms with Gasteiger partial charge < -0.3 is 5.11 Å². The average Bonchev–Trinajstić information content (AvgIpc) is 2.38. The standard InChI is InChI=1S/C15H21NO3S/c1-4-13(3)16-20(18,19)15-9-8-12(2)11-14(15)7-5-6-10-17/h8-9,11,13,16-17H,4,6,10H2,1-3H3. The summed E-state index contributed by atoms with van der Waals surface area (Å²) in [5.74, 6) is 5.59. The third-order valence-corrected chi connectivity index (χ3v) is 4.50. The van der Waals surface area contributed by atoms with Crippen molar-refractivity contribution in [1.82, 2.24) is 4.72 Å². The van der Waals surface area contributed by atoms with Crippen molar-refractivity contribution in [3.8, 4) is 11.8 Å². The van der Waals surface area contributed by atoms with E-state index in [-0.39, 0.29) is 17.5 Å². The van der Waals surface area contributed by atoms with Gasteiger partial charge in [-0.15, -0.1) is 0 Å². The van der Waals surface area contributed by atoms with Crippen LogP contribution in [0.15, 0.2) is 23.1 Å². The molecule has 1 atom stereocenters. The van der Waals surface area contributed by atoms with Crippen LogP contribution in [0.25, 0.3) is 0 Å². The number of nitrogens with one attached hydrogen (secondary N) is 1. The van der Waals surface area contributed by atoms with E-state index in [0.29, 0.717) is 12.0 Å². The van der Waals surface area contributed by atoms with E-state index in [1.807, 2.05) is 20.8 Å². The van der Waals surface area contributed by atoms with E-state index in [1.54, 1.807) is 18.2 Å². The van der Waals surface area contributed by atoms with Crippen LogP contribution in [0.2, 0.25) is 0 Å². The van der Waals surface area contributed by atoms with E-state index in [0.717, 1.165) is 12.0 Å². The summed E-state index contributed by atoms with van der Waals surface area (Å²) >= 11 is 0. The molecule has 0 fully saturated rings. The van der Waals surface area contributed by atoms with Crippen LogP contribution in [0.1, 0.15) is 37.8 Å². The number of hydrogen-bond donors (Lipinski definition) is 2. The van der Waals surface area contributed by atoms with Gasteiger partial charge in [0.15, 0.2) is 0 Å². The van der Waals surface area contributed by atoms with Crippen molar-refractivity contribution in [3.63, 3.8) is 0 Å². The molecule has 1 aromatic rings. The lowest BCUT2D eigenvalue weighted by atomic mass is 10.1. The van der Waals surface area contributed by atoms with Gasteiger partial charge in [0.1, 0.15) is 0 Å². The van der Waals surface area contributed by atoms with Crippen molar-refractivity contribution in [3.05, 3.63) is 29.3 Å². The van der Waals surface area contributed by atoms with Crippen LogP contribution in [-0.4, -0.2) is 26.2 Å². The van der Waals surface area contributed by atoms with E-state index in [9.17, 15) is 8.42 Å². The molecule has 110 valence electrons. The van der Waals surface area contributed by atoms with Crippen molar-refractivity contribution in [2.24, 2.45) is 0 Å². The minimum absolute atomic E-state index is 0.0357. The van der Waals surface area contributed by atoms with E-state index >= 15 is 0 Å². The fourth-order valence-corrected chi connectivity index (χ4v) is 3.07. The predicted molar refractivity (Wildman–Crippen MR) is 79.8 cm³/mol. The summed E-state index contributed by atoms with van der Waals surface area (Å²) in [5, 5.41) is 8.75. The first-order valence-electron chi connectivity index (χ1n) is 6.63. The van der Waals surface area contributed by atoms with Crippen molar-refractivity contribution in [2.75, 3.05) is 6.61 Å². The SMILES string of the molecule is CCC(C)NS(=O)(=O)c1ccc(C)cc1C#CCCO. The summed E-state index contributed by atoms with van der Waals surface area (Å²) in [6.45, 7) is 5.59. The van der Waals surface area contributed by atoms with Gasteiger partial charge in [-0.3, -0.25) is 0 Å². The van der Waals surface area contributed by atoms with Crippen molar-refractivity contribution >= 4 is 10.0 Å². The van der Waals surface area contributed by atoms with Crippen LogP contribution < -0.4 is 4.72 Å². The molecule has 0 amide bonds. The van der Waals surface area contributed by atoms with Crippen molar-refractivity contribution < 1.29 is 13.5 Å². The fraction of sp³-hybridized carbons (Fsp3) is 0.467. The Kier molecular flexibility index (Phi) is 6.21. The first-order valence-corrected chi connectivity index (χ1v) is 8.11. The fourth-order valence-electron chi connectivity index (χ4n) is 1.60. The third-order valence-electron chi connectivity index (χ3n) is 2.85. The van der Waals surface area contributed by atoms with Gasteiger partial charge in [0.25, 0.3) is 0 Å². The van der Waals surface area contributed by atoms with Crippen LogP contribution in [0.3, 0.4) is 0 Å². The zero-order chi connectivity index (χ0) is 15.2. The van der Waals surface area contributed by atoms with Gasteiger partial charge in [0.05, 0.1) is 11.5 Å². The minimum atomic E-state index is -3.57. The highest BCUT2D eigenvalue weighted by Gasteiger charge is 2.19. The smallest absolute Gasteiger partial charge is 0.242 e. The molecule has 0 aliphatic heterocycles. The Morgan fingerprint density at radius 1 is 1.40 bits per heavy atom. The molecular formula is C15H21NO3S. The largest absolute Gasteiger partial charge is 0.395 e. The summed E-state index contributed by atoms with van der Waals surface area (Å²) in [6.07, 6.45) is 1.04. The molecule has 0 aliphatic carbocycles. The topological polar surface area (TPSA) is 66.4 Å². The first kappa shape index (κ1) is 16.7. The number of sulfonamides is 1. The molecule has 0 spiro atoms. The maximum Gasteiger partial charge on any atom is 0.242 e. The molecule has 5 heteroatoms. The molecule has 1 aromatic carbocycles. The molecule has 0 aromatic heterocycles. The number of aliphatic hydroxyl groups excluding tert-OH is 1. The minimum Gasteiger partial charge on any atom is -0.395 e. The van der Waals surface area contributed by atoms with E-state index < -0.39 is 10.0 Å².